The van der Waals surface area contributed by atoms with Gasteiger partial charge in [0.25, 0.3) is 0 Å². The molecule has 4 bridgehead atoms. The van der Waals surface area contributed by atoms with Gasteiger partial charge in [-0.25, -0.2) is 0 Å². The first kappa shape index (κ1) is 23.0. The molecule has 9 nitrogen and oxygen atoms in total. The van der Waals surface area contributed by atoms with Gasteiger partial charge in [0, 0.05) is 36.5 Å². The number of esters is 2. The Kier molecular flexibility index (Phi) is 4.78. The predicted molar refractivity (Wildman–Crippen MR) is 111 cm³/mol. The number of Topliss-reactive ketones (excluding diaryl/α,β-unsaturated/α-hetero) is 1. The minimum atomic E-state index is -2.24. The lowest BCUT2D eigenvalue weighted by atomic mass is 9.35. The number of allylic oxidation sites excluding steroid dienone is 1. The molecule has 33 heavy (non-hydrogen) atoms. The van der Waals surface area contributed by atoms with Crippen molar-refractivity contribution in [2.75, 3.05) is 13.2 Å². The summed E-state index contributed by atoms with van der Waals surface area (Å²) in [5.41, 5.74) is -3.25. The number of fused-ring (bicyclic) bond motifs is 2. The smallest absolute Gasteiger partial charge is 0.302 e. The molecule has 4 saturated carbocycles. The van der Waals surface area contributed by atoms with E-state index in [1.165, 1.54) is 13.8 Å². The second kappa shape index (κ2) is 6.87. The number of ether oxygens (including phenoxy) is 3. The summed E-state index contributed by atoms with van der Waals surface area (Å²) in [6.07, 6.45) is -1.95. The van der Waals surface area contributed by atoms with E-state index in [1.807, 2.05) is 6.92 Å². The number of aliphatic hydroxyl groups is 3. The molecule has 0 amide bonds. The summed E-state index contributed by atoms with van der Waals surface area (Å²) >= 11 is 0. The molecule has 3 N–H and O–H groups in total. The van der Waals surface area contributed by atoms with Crippen LogP contribution in [0.15, 0.2) is 12.2 Å². The molecule has 6 fully saturated rings. The fourth-order valence-electron chi connectivity index (χ4n) is 8.44. The van der Waals surface area contributed by atoms with Crippen LogP contribution in [0.4, 0.5) is 0 Å². The summed E-state index contributed by atoms with van der Waals surface area (Å²) in [5.74, 6) is -5.50. The molecule has 2 heterocycles. The van der Waals surface area contributed by atoms with Crippen molar-refractivity contribution in [2.24, 2.45) is 34.0 Å². The maximum absolute atomic E-state index is 13.7. The molecule has 0 unspecified atom stereocenters. The van der Waals surface area contributed by atoms with Crippen LogP contribution in [-0.4, -0.2) is 70.4 Å². The maximum atomic E-state index is 13.7. The minimum Gasteiger partial charge on any atom is -0.465 e. The van der Waals surface area contributed by atoms with E-state index >= 15 is 0 Å². The van der Waals surface area contributed by atoms with Crippen LogP contribution in [0.5, 0.6) is 0 Å². The molecule has 2 saturated heterocycles. The first-order chi connectivity index (χ1) is 15.3. The zero-order valence-electron chi connectivity index (χ0n) is 19.2. The average molecular weight is 465 g/mol. The number of aliphatic hydroxyl groups excluding tert-OH is 2. The Morgan fingerprint density at radius 2 is 1.91 bits per heavy atom. The van der Waals surface area contributed by atoms with Gasteiger partial charge in [-0.1, -0.05) is 13.5 Å². The molecule has 0 radical (unpaired) electrons. The number of hydrogen-bond acceptors (Lipinski definition) is 9. The normalized spacial score (nSPS) is 52.2. The molecule has 6 aliphatic rings. The summed E-state index contributed by atoms with van der Waals surface area (Å²) in [5, 5.41) is 35.1. The van der Waals surface area contributed by atoms with Gasteiger partial charge in [-0.2, -0.15) is 0 Å². The van der Waals surface area contributed by atoms with E-state index in [9.17, 15) is 29.7 Å². The van der Waals surface area contributed by atoms with Crippen molar-refractivity contribution in [3.05, 3.63) is 12.2 Å². The van der Waals surface area contributed by atoms with E-state index in [1.54, 1.807) is 0 Å². The second-order valence-electron chi connectivity index (χ2n) is 11.1. The van der Waals surface area contributed by atoms with Crippen LogP contribution in [-0.2, 0) is 28.6 Å². The van der Waals surface area contributed by atoms with Gasteiger partial charge < -0.3 is 29.5 Å². The standard InChI is InChI=1S/C24H32O9/c1-11-14-7-15(33-13(3)26)17-22-10-32-24(30,23(17,8-14)19(11)28)20(29)18(22)21(4,6-5-16(22)27)9-31-12(2)25/h14-18,20,27,29-30H,1,5-10H2,2-4H3/t14-,15-,16-,17+,18-,20+,21+,22+,23-,24-/m1/s1. The summed E-state index contributed by atoms with van der Waals surface area (Å²) in [6.45, 7) is 8.27. The Morgan fingerprint density at radius 1 is 1.21 bits per heavy atom. The van der Waals surface area contributed by atoms with E-state index in [-0.39, 0.29) is 25.6 Å². The fraction of sp³-hybridized carbons (Fsp3) is 0.792. The highest BCUT2D eigenvalue weighted by molar-refractivity contribution is 6.04. The van der Waals surface area contributed by atoms with Gasteiger partial charge in [-0.15, -0.1) is 0 Å². The molecule has 2 aliphatic heterocycles. The van der Waals surface area contributed by atoms with Crippen molar-refractivity contribution in [3.63, 3.8) is 0 Å². The van der Waals surface area contributed by atoms with E-state index in [0.717, 1.165) is 0 Å². The lowest BCUT2D eigenvalue weighted by Gasteiger charge is -2.74. The van der Waals surface area contributed by atoms with Crippen molar-refractivity contribution in [3.8, 4) is 0 Å². The van der Waals surface area contributed by atoms with Gasteiger partial charge in [0.2, 0.25) is 5.79 Å². The number of carbonyl (C=O) groups is 3. The topological polar surface area (TPSA) is 140 Å². The highest BCUT2D eigenvalue weighted by Gasteiger charge is 2.86. The fourth-order valence-corrected chi connectivity index (χ4v) is 8.44. The zero-order valence-corrected chi connectivity index (χ0v) is 19.2. The SMILES string of the molecule is C=C1C(=O)[C@@]23C[C@H]1C[C@@H](OC(C)=O)[C@H]2[C@@]12CO[C@]3(O)[C@@H](O)[C@@H]1[C@](C)(COC(C)=O)CC[C@H]2O. The summed E-state index contributed by atoms with van der Waals surface area (Å²) < 4.78 is 17.0. The third-order valence-electron chi connectivity index (χ3n) is 9.52. The maximum Gasteiger partial charge on any atom is 0.302 e. The van der Waals surface area contributed by atoms with Crippen LogP contribution in [0.25, 0.3) is 0 Å². The molecule has 182 valence electrons. The van der Waals surface area contributed by atoms with Gasteiger partial charge in [0.05, 0.1) is 24.7 Å². The van der Waals surface area contributed by atoms with E-state index in [2.05, 4.69) is 6.58 Å². The Bertz CT molecular complexity index is 946. The third-order valence-corrected chi connectivity index (χ3v) is 9.52. The average Bonchev–Trinajstić information content (AvgIpc) is 2.93. The highest BCUT2D eigenvalue weighted by atomic mass is 16.6. The molecule has 10 atom stereocenters. The monoisotopic (exact) mass is 464 g/mol. The third kappa shape index (κ3) is 2.54. The quantitative estimate of drug-likeness (QED) is 0.402. The lowest BCUT2D eigenvalue weighted by molar-refractivity contribution is -0.457. The zero-order chi connectivity index (χ0) is 24.1. The number of ketones is 1. The summed E-state index contributed by atoms with van der Waals surface area (Å²) in [4.78, 5) is 37.4. The largest absolute Gasteiger partial charge is 0.465 e. The van der Waals surface area contributed by atoms with E-state index < -0.39 is 69.9 Å². The number of hydrogen-bond donors (Lipinski definition) is 3. The van der Waals surface area contributed by atoms with Gasteiger partial charge in [-0.3, -0.25) is 14.4 Å². The van der Waals surface area contributed by atoms with Crippen molar-refractivity contribution >= 4 is 17.7 Å². The van der Waals surface area contributed by atoms with Gasteiger partial charge >= 0.3 is 11.9 Å². The van der Waals surface area contributed by atoms with Crippen molar-refractivity contribution < 1.29 is 43.9 Å². The molecular formula is C24H32O9. The van der Waals surface area contributed by atoms with Crippen LogP contribution < -0.4 is 0 Å². The predicted octanol–water partition coefficient (Wildman–Crippen LogP) is 0.490. The van der Waals surface area contributed by atoms with Gasteiger partial charge in [0.15, 0.2) is 5.78 Å². The summed E-state index contributed by atoms with van der Waals surface area (Å²) in [6, 6.07) is 0. The minimum absolute atomic E-state index is 0.0180. The van der Waals surface area contributed by atoms with Crippen molar-refractivity contribution in [2.45, 2.75) is 70.6 Å². The molecule has 0 aromatic carbocycles. The van der Waals surface area contributed by atoms with Crippen molar-refractivity contribution in [1.82, 2.24) is 0 Å². The highest BCUT2D eigenvalue weighted by Crippen LogP contribution is 2.76. The number of carbonyl (C=O) groups excluding carboxylic acids is 3. The van der Waals surface area contributed by atoms with E-state index in [0.29, 0.717) is 24.8 Å². The first-order valence-electron chi connectivity index (χ1n) is 11.6. The van der Waals surface area contributed by atoms with Crippen molar-refractivity contribution in [1.29, 1.82) is 0 Å². The van der Waals surface area contributed by atoms with E-state index in [4.69, 9.17) is 14.2 Å². The van der Waals surface area contributed by atoms with Crippen LogP contribution in [0.2, 0.25) is 0 Å². The molecule has 9 heteroatoms. The Balaban J connectivity index is 1.73. The second-order valence-corrected chi connectivity index (χ2v) is 11.1. The Hall–Kier alpha value is -1.81. The Labute approximate surface area is 192 Å². The molecule has 0 aromatic heterocycles. The molecule has 4 aliphatic carbocycles. The molecule has 2 spiro atoms. The van der Waals surface area contributed by atoms with Crippen LogP contribution in [0, 0.1) is 34.0 Å². The number of rotatable bonds is 3. The molecular weight excluding hydrogens is 432 g/mol. The molecule has 6 rings (SSSR count). The van der Waals surface area contributed by atoms with Crippen LogP contribution in [0.3, 0.4) is 0 Å². The molecule has 0 aromatic rings. The summed E-state index contributed by atoms with van der Waals surface area (Å²) in [7, 11) is 0. The van der Waals surface area contributed by atoms with Crippen LogP contribution in [0.1, 0.15) is 46.5 Å². The van der Waals surface area contributed by atoms with Gasteiger partial charge in [0.1, 0.15) is 12.2 Å². The first-order valence-corrected chi connectivity index (χ1v) is 11.6. The van der Waals surface area contributed by atoms with Crippen LogP contribution >= 0.6 is 0 Å². The Morgan fingerprint density at radius 3 is 2.55 bits per heavy atom. The lowest BCUT2D eigenvalue weighted by Crippen LogP contribution is -2.85. The van der Waals surface area contributed by atoms with Gasteiger partial charge in [-0.05, 0) is 37.2 Å².